The fourth-order valence-electron chi connectivity index (χ4n) is 2.05. The summed E-state index contributed by atoms with van der Waals surface area (Å²) < 4.78 is 5.83. The number of benzene rings is 1. The second kappa shape index (κ2) is 6.68. The van der Waals surface area contributed by atoms with Gasteiger partial charge < -0.3 is 15.2 Å². The summed E-state index contributed by atoms with van der Waals surface area (Å²) in [4.78, 5) is 0. The highest BCUT2D eigenvalue weighted by Gasteiger charge is 2.14. The number of phenols is 1. The molecule has 2 rings (SSSR count). The topological polar surface area (TPSA) is 41.5 Å². The highest BCUT2D eigenvalue weighted by Crippen LogP contribution is 2.35. The maximum atomic E-state index is 9.74. The molecule has 100 valence electrons. The van der Waals surface area contributed by atoms with Crippen molar-refractivity contribution in [2.24, 2.45) is 0 Å². The van der Waals surface area contributed by atoms with E-state index in [0.717, 1.165) is 12.1 Å². The maximum absolute atomic E-state index is 9.74. The van der Waals surface area contributed by atoms with E-state index >= 15 is 0 Å². The molecule has 0 unspecified atom stereocenters. The molecule has 1 aliphatic heterocycles. The Labute approximate surface area is 120 Å². The Balaban J connectivity index is 1.98. The van der Waals surface area contributed by atoms with Gasteiger partial charge in [0, 0.05) is 12.6 Å². The highest BCUT2D eigenvalue weighted by atomic mass is 79.9. The molecule has 1 heterocycles. The number of hydrogen-bond acceptors (Lipinski definition) is 4. The SMILES string of the molecule is COc1cc(CNC2CCSCC2)cc(Br)c1O. The third-order valence-electron chi connectivity index (χ3n) is 3.12. The molecule has 1 aliphatic rings. The Morgan fingerprint density at radius 2 is 2.17 bits per heavy atom. The quantitative estimate of drug-likeness (QED) is 0.889. The predicted octanol–water partition coefficient (Wildman–Crippen LogP) is 3.15. The van der Waals surface area contributed by atoms with Crippen molar-refractivity contribution < 1.29 is 9.84 Å². The van der Waals surface area contributed by atoms with Gasteiger partial charge in [-0.3, -0.25) is 0 Å². The first-order valence-corrected chi connectivity index (χ1v) is 8.02. The van der Waals surface area contributed by atoms with Crippen molar-refractivity contribution >= 4 is 27.7 Å². The number of hydrogen-bond donors (Lipinski definition) is 2. The average Bonchev–Trinajstić information content (AvgIpc) is 2.41. The van der Waals surface area contributed by atoms with Gasteiger partial charge in [0.15, 0.2) is 11.5 Å². The lowest BCUT2D eigenvalue weighted by Crippen LogP contribution is -2.32. The van der Waals surface area contributed by atoms with Gasteiger partial charge in [0.1, 0.15) is 0 Å². The van der Waals surface area contributed by atoms with Crippen LogP contribution in [0.3, 0.4) is 0 Å². The van der Waals surface area contributed by atoms with Gasteiger partial charge in [-0.2, -0.15) is 11.8 Å². The molecule has 0 bridgehead atoms. The third kappa shape index (κ3) is 3.56. The molecule has 1 aromatic rings. The van der Waals surface area contributed by atoms with E-state index in [1.165, 1.54) is 24.3 Å². The van der Waals surface area contributed by atoms with Crippen molar-refractivity contribution in [3.05, 3.63) is 22.2 Å². The molecule has 5 heteroatoms. The van der Waals surface area contributed by atoms with Crippen LogP contribution in [-0.2, 0) is 6.54 Å². The second-order valence-corrected chi connectivity index (χ2v) is 6.48. The van der Waals surface area contributed by atoms with E-state index in [-0.39, 0.29) is 5.75 Å². The number of methoxy groups -OCH3 is 1. The number of rotatable bonds is 4. The summed E-state index contributed by atoms with van der Waals surface area (Å²) in [5.74, 6) is 3.18. The number of thioether (sulfide) groups is 1. The first-order chi connectivity index (χ1) is 8.70. The predicted molar refractivity (Wildman–Crippen MR) is 79.5 cm³/mol. The molecule has 1 aromatic carbocycles. The van der Waals surface area contributed by atoms with Gasteiger partial charge in [0.25, 0.3) is 0 Å². The van der Waals surface area contributed by atoms with Gasteiger partial charge in [-0.1, -0.05) is 0 Å². The second-order valence-electron chi connectivity index (χ2n) is 4.40. The summed E-state index contributed by atoms with van der Waals surface area (Å²) in [6, 6.07) is 4.43. The Morgan fingerprint density at radius 1 is 1.44 bits per heavy atom. The zero-order valence-corrected chi connectivity index (χ0v) is 12.8. The lowest BCUT2D eigenvalue weighted by Gasteiger charge is -2.22. The first kappa shape index (κ1) is 14.0. The Hall–Kier alpha value is -0.390. The van der Waals surface area contributed by atoms with Crippen LogP contribution in [0.4, 0.5) is 0 Å². The Bertz CT molecular complexity index is 408. The summed E-state index contributed by atoms with van der Waals surface area (Å²) in [7, 11) is 1.57. The fraction of sp³-hybridized carbons (Fsp3) is 0.538. The summed E-state index contributed by atoms with van der Waals surface area (Å²) in [6.07, 6.45) is 2.47. The molecule has 0 aromatic heterocycles. The molecule has 3 nitrogen and oxygen atoms in total. The molecule has 0 amide bonds. The van der Waals surface area contributed by atoms with Crippen molar-refractivity contribution in [1.82, 2.24) is 5.32 Å². The highest BCUT2D eigenvalue weighted by molar-refractivity contribution is 9.10. The van der Waals surface area contributed by atoms with E-state index in [4.69, 9.17) is 4.74 Å². The van der Waals surface area contributed by atoms with E-state index in [0.29, 0.717) is 16.3 Å². The average molecular weight is 332 g/mol. The minimum Gasteiger partial charge on any atom is -0.503 e. The fourth-order valence-corrected chi connectivity index (χ4v) is 3.64. The molecule has 0 aliphatic carbocycles. The van der Waals surface area contributed by atoms with E-state index in [1.54, 1.807) is 7.11 Å². The minimum absolute atomic E-state index is 0.162. The van der Waals surface area contributed by atoms with Crippen LogP contribution in [-0.4, -0.2) is 29.8 Å². The van der Waals surface area contributed by atoms with Crippen molar-refractivity contribution in [2.45, 2.75) is 25.4 Å². The molecule has 18 heavy (non-hydrogen) atoms. The number of nitrogens with one attached hydrogen (secondary N) is 1. The van der Waals surface area contributed by atoms with E-state index in [9.17, 15) is 5.11 Å². The Kier molecular flexibility index (Phi) is 5.21. The molecule has 0 radical (unpaired) electrons. The van der Waals surface area contributed by atoms with Crippen molar-refractivity contribution in [3.8, 4) is 11.5 Å². The lowest BCUT2D eigenvalue weighted by molar-refractivity contribution is 0.371. The van der Waals surface area contributed by atoms with Crippen LogP contribution in [0.25, 0.3) is 0 Å². The molecular weight excluding hydrogens is 314 g/mol. The zero-order valence-electron chi connectivity index (χ0n) is 10.4. The van der Waals surface area contributed by atoms with Crippen molar-refractivity contribution in [2.75, 3.05) is 18.6 Å². The maximum Gasteiger partial charge on any atom is 0.172 e. The molecule has 1 fully saturated rings. The summed E-state index contributed by atoms with van der Waals surface area (Å²) in [6.45, 7) is 0.810. The van der Waals surface area contributed by atoms with Crippen LogP contribution in [0.5, 0.6) is 11.5 Å². The number of halogens is 1. The Morgan fingerprint density at radius 3 is 2.83 bits per heavy atom. The molecule has 0 atom stereocenters. The van der Waals surface area contributed by atoms with Gasteiger partial charge in [-0.25, -0.2) is 0 Å². The smallest absolute Gasteiger partial charge is 0.172 e. The van der Waals surface area contributed by atoms with Gasteiger partial charge >= 0.3 is 0 Å². The van der Waals surface area contributed by atoms with Crippen LogP contribution in [0, 0.1) is 0 Å². The third-order valence-corrected chi connectivity index (χ3v) is 4.78. The number of aromatic hydroxyl groups is 1. The first-order valence-electron chi connectivity index (χ1n) is 6.07. The molecule has 2 N–H and O–H groups in total. The van der Waals surface area contributed by atoms with Crippen LogP contribution in [0.15, 0.2) is 16.6 Å². The van der Waals surface area contributed by atoms with E-state index in [1.807, 2.05) is 23.9 Å². The van der Waals surface area contributed by atoms with Crippen LogP contribution in [0.1, 0.15) is 18.4 Å². The van der Waals surface area contributed by atoms with Crippen LogP contribution in [0.2, 0.25) is 0 Å². The number of ether oxygens (including phenoxy) is 1. The van der Waals surface area contributed by atoms with Crippen molar-refractivity contribution in [3.63, 3.8) is 0 Å². The number of phenolic OH excluding ortho intramolecular Hbond substituents is 1. The molecule has 1 saturated heterocycles. The van der Waals surface area contributed by atoms with Crippen LogP contribution < -0.4 is 10.1 Å². The molecular formula is C13H18BrNO2S. The summed E-state index contributed by atoms with van der Waals surface area (Å²) >= 11 is 5.37. The summed E-state index contributed by atoms with van der Waals surface area (Å²) in [5, 5.41) is 13.3. The van der Waals surface area contributed by atoms with Crippen LogP contribution >= 0.6 is 27.7 Å². The van der Waals surface area contributed by atoms with Gasteiger partial charge in [0.05, 0.1) is 11.6 Å². The molecule has 0 saturated carbocycles. The normalized spacial score (nSPS) is 16.8. The lowest BCUT2D eigenvalue weighted by atomic mass is 10.1. The monoisotopic (exact) mass is 331 g/mol. The van der Waals surface area contributed by atoms with Gasteiger partial charge in [-0.15, -0.1) is 0 Å². The largest absolute Gasteiger partial charge is 0.503 e. The van der Waals surface area contributed by atoms with E-state index < -0.39 is 0 Å². The zero-order chi connectivity index (χ0) is 13.0. The van der Waals surface area contributed by atoms with Gasteiger partial charge in [-0.05, 0) is 58.0 Å². The van der Waals surface area contributed by atoms with Crippen molar-refractivity contribution in [1.29, 1.82) is 0 Å². The minimum atomic E-state index is 0.162. The summed E-state index contributed by atoms with van der Waals surface area (Å²) in [5.41, 5.74) is 1.12. The molecule has 0 spiro atoms. The van der Waals surface area contributed by atoms with Gasteiger partial charge in [0.2, 0.25) is 0 Å². The van der Waals surface area contributed by atoms with E-state index in [2.05, 4.69) is 21.2 Å². The standard InChI is InChI=1S/C13H18BrNO2S/c1-17-12-7-9(6-11(14)13(12)16)8-15-10-2-4-18-5-3-10/h6-7,10,15-16H,2-5,8H2,1H3.